The highest BCUT2D eigenvalue weighted by molar-refractivity contribution is 6.02. The maximum absolute atomic E-state index is 12.8. The predicted octanol–water partition coefficient (Wildman–Crippen LogP) is 1.85. The first-order valence-electron chi connectivity index (χ1n) is 9.66. The number of hydrogen-bond donors (Lipinski definition) is 1. The normalized spacial score (nSPS) is 13.0. The second-order valence-electron chi connectivity index (χ2n) is 6.99. The van der Waals surface area contributed by atoms with Crippen molar-refractivity contribution in [2.75, 3.05) is 13.7 Å². The number of hydrogen-bond acceptors (Lipinski definition) is 6. The number of benzene rings is 1. The summed E-state index contributed by atoms with van der Waals surface area (Å²) in [6, 6.07) is 6.03. The molecular weight excluding hydrogens is 371 g/mol. The first-order chi connectivity index (χ1) is 13.9. The molecule has 2 atom stereocenters. The minimum Gasteiger partial charge on any atom is -0.560 e. The van der Waals surface area contributed by atoms with Crippen molar-refractivity contribution in [3.8, 4) is 5.75 Å². The Morgan fingerprint density at radius 1 is 1.28 bits per heavy atom. The molecule has 0 aliphatic heterocycles. The fourth-order valence-electron chi connectivity index (χ4n) is 2.65. The molecule has 1 aromatic carbocycles. The van der Waals surface area contributed by atoms with E-state index in [1.54, 1.807) is 6.08 Å². The number of carbonyl (C=O) groups is 2. The monoisotopic (exact) mass is 402 g/mol. The Balaban J connectivity index is 2.84. The van der Waals surface area contributed by atoms with E-state index in [9.17, 15) is 9.59 Å². The van der Waals surface area contributed by atoms with Gasteiger partial charge < -0.3 is 19.4 Å². The number of nitrogens with zero attached hydrogens (tertiary/aromatic N) is 1. The van der Waals surface area contributed by atoms with Gasteiger partial charge in [-0.3, -0.25) is 4.79 Å². The summed E-state index contributed by atoms with van der Waals surface area (Å²) in [4.78, 5) is 29.0. The number of aliphatic imine (C=N–C) groups is 1. The lowest BCUT2D eigenvalue weighted by molar-refractivity contribution is -0.145. The fourth-order valence-corrected chi connectivity index (χ4v) is 2.65. The largest absolute Gasteiger partial charge is 0.560 e. The SMILES string of the molecule is BOC=N[C@@H](Cc1ccc(OCCC=C)cc1)C(=O)N[C@@H](CC(C)C)C(=O)OC. The summed E-state index contributed by atoms with van der Waals surface area (Å²) in [5.41, 5.74) is 0.910. The van der Waals surface area contributed by atoms with Crippen LogP contribution in [-0.4, -0.2) is 52.1 Å². The first kappa shape index (κ1) is 24.3. The third kappa shape index (κ3) is 9.32. The predicted molar refractivity (Wildman–Crippen MR) is 116 cm³/mol. The molecular formula is C21H31BN2O5. The second-order valence-corrected chi connectivity index (χ2v) is 6.99. The Bertz CT molecular complexity index is 676. The molecule has 7 nitrogen and oxygen atoms in total. The number of esters is 1. The van der Waals surface area contributed by atoms with E-state index >= 15 is 0 Å². The maximum atomic E-state index is 12.8. The lowest BCUT2D eigenvalue weighted by Gasteiger charge is -2.21. The molecule has 158 valence electrons. The van der Waals surface area contributed by atoms with E-state index in [0.29, 0.717) is 19.4 Å². The summed E-state index contributed by atoms with van der Waals surface area (Å²) in [7, 11) is 2.77. The van der Waals surface area contributed by atoms with E-state index in [-0.39, 0.29) is 11.8 Å². The molecule has 0 radical (unpaired) electrons. The van der Waals surface area contributed by atoms with Gasteiger partial charge in [-0.2, -0.15) is 0 Å². The Kier molecular flexibility index (Phi) is 11.2. The molecule has 0 bridgehead atoms. The van der Waals surface area contributed by atoms with Crippen molar-refractivity contribution < 1.29 is 23.7 Å². The molecule has 1 N–H and O–H groups in total. The van der Waals surface area contributed by atoms with Gasteiger partial charge in [0, 0.05) is 6.42 Å². The van der Waals surface area contributed by atoms with Crippen LogP contribution in [0.1, 0.15) is 32.3 Å². The van der Waals surface area contributed by atoms with Crippen molar-refractivity contribution in [3.63, 3.8) is 0 Å². The molecule has 0 aliphatic rings. The maximum Gasteiger partial charge on any atom is 0.328 e. The van der Waals surface area contributed by atoms with Crippen molar-refractivity contribution in [1.29, 1.82) is 0 Å². The van der Waals surface area contributed by atoms with Gasteiger partial charge >= 0.3 is 14.0 Å². The van der Waals surface area contributed by atoms with Crippen molar-refractivity contribution in [1.82, 2.24) is 5.32 Å². The summed E-state index contributed by atoms with van der Waals surface area (Å²) < 4.78 is 15.3. The summed E-state index contributed by atoms with van der Waals surface area (Å²) in [6.07, 6.45) is 4.64. The quantitative estimate of drug-likeness (QED) is 0.136. The van der Waals surface area contributed by atoms with Gasteiger partial charge in [0.15, 0.2) is 6.40 Å². The van der Waals surface area contributed by atoms with Crippen molar-refractivity contribution in [3.05, 3.63) is 42.5 Å². The lowest BCUT2D eigenvalue weighted by Crippen LogP contribution is -2.46. The Hall–Kier alpha value is -2.77. The second kappa shape index (κ2) is 13.4. The van der Waals surface area contributed by atoms with Crippen molar-refractivity contribution in [2.24, 2.45) is 10.9 Å². The lowest BCUT2D eigenvalue weighted by atomic mass is 10.0. The Morgan fingerprint density at radius 3 is 2.52 bits per heavy atom. The first-order valence-corrected chi connectivity index (χ1v) is 9.66. The zero-order valence-electron chi connectivity index (χ0n) is 17.7. The van der Waals surface area contributed by atoms with Crippen LogP contribution in [0.4, 0.5) is 0 Å². The molecule has 0 spiro atoms. The minimum atomic E-state index is -0.734. The van der Waals surface area contributed by atoms with E-state index in [1.165, 1.54) is 21.6 Å². The van der Waals surface area contributed by atoms with Crippen LogP contribution in [0.15, 0.2) is 41.9 Å². The van der Waals surface area contributed by atoms with Gasteiger partial charge in [-0.1, -0.05) is 32.1 Å². The average Bonchev–Trinajstić information content (AvgIpc) is 2.70. The summed E-state index contributed by atoms with van der Waals surface area (Å²) in [5.74, 6) is 0.136. The highest BCUT2D eigenvalue weighted by atomic mass is 16.5. The zero-order valence-corrected chi connectivity index (χ0v) is 17.7. The smallest absolute Gasteiger partial charge is 0.328 e. The molecule has 0 aliphatic carbocycles. The Labute approximate surface area is 174 Å². The van der Waals surface area contributed by atoms with Crippen LogP contribution in [0, 0.1) is 5.92 Å². The molecule has 0 aromatic heterocycles. The van der Waals surface area contributed by atoms with Gasteiger partial charge in [0.25, 0.3) is 0 Å². The van der Waals surface area contributed by atoms with E-state index < -0.39 is 18.1 Å². The molecule has 0 unspecified atom stereocenters. The van der Waals surface area contributed by atoms with Crippen LogP contribution < -0.4 is 10.1 Å². The Morgan fingerprint density at radius 2 is 1.97 bits per heavy atom. The van der Waals surface area contributed by atoms with Gasteiger partial charge in [-0.25, -0.2) is 9.79 Å². The standard InChI is InChI=1S/C21H31BN2O5/c1-5-6-11-28-17-9-7-16(8-10-17)13-18(23-14-29-22)20(25)24-19(12-15(2)3)21(26)27-4/h5,7-10,14-15,18-19H,1,6,11-13,22H2,2-4H3,(H,24,25)/t18-,19-/m0/s1. The van der Waals surface area contributed by atoms with Crippen LogP contribution in [0.3, 0.4) is 0 Å². The van der Waals surface area contributed by atoms with Crippen LogP contribution in [0.5, 0.6) is 5.75 Å². The third-order valence-electron chi connectivity index (χ3n) is 4.10. The number of carbonyl (C=O) groups excluding carboxylic acids is 2. The zero-order chi connectivity index (χ0) is 21.6. The minimum absolute atomic E-state index is 0.217. The summed E-state index contributed by atoms with van der Waals surface area (Å²) in [6.45, 7) is 8.17. The topological polar surface area (TPSA) is 86.2 Å². The molecule has 29 heavy (non-hydrogen) atoms. The number of amides is 1. The highest BCUT2D eigenvalue weighted by Gasteiger charge is 2.26. The number of rotatable bonds is 13. The molecule has 8 heteroatoms. The number of methoxy groups -OCH3 is 1. The summed E-state index contributed by atoms with van der Waals surface area (Å²) >= 11 is 0. The molecule has 1 rings (SSSR count). The molecule has 0 fully saturated rings. The number of nitrogens with one attached hydrogen (secondary N) is 1. The average molecular weight is 402 g/mol. The fraction of sp³-hybridized carbons (Fsp3) is 0.476. The third-order valence-corrected chi connectivity index (χ3v) is 4.10. The van der Waals surface area contributed by atoms with Crippen molar-refractivity contribution in [2.45, 2.75) is 45.2 Å². The molecule has 1 amide bonds. The van der Waals surface area contributed by atoms with E-state index in [0.717, 1.165) is 17.7 Å². The van der Waals surface area contributed by atoms with Gasteiger partial charge in [0.1, 0.15) is 17.8 Å². The van der Waals surface area contributed by atoms with Crippen molar-refractivity contribution >= 4 is 26.3 Å². The van der Waals surface area contributed by atoms with E-state index in [4.69, 9.17) is 14.1 Å². The summed E-state index contributed by atoms with van der Waals surface area (Å²) in [5, 5.41) is 2.76. The molecule has 0 saturated heterocycles. The van der Waals surface area contributed by atoms with Gasteiger partial charge in [0.2, 0.25) is 5.91 Å². The molecule has 0 saturated carbocycles. The van der Waals surface area contributed by atoms with Gasteiger partial charge in [-0.05, 0) is 36.5 Å². The van der Waals surface area contributed by atoms with Crippen LogP contribution in [0.25, 0.3) is 0 Å². The highest BCUT2D eigenvalue weighted by Crippen LogP contribution is 2.15. The van der Waals surface area contributed by atoms with Gasteiger partial charge in [-0.15, -0.1) is 6.58 Å². The number of ether oxygens (including phenoxy) is 2. The van der Waals surface area contributed by atoms with E-state index in [1.807, 2.05) is 38.1 Å². The van der Waals surface area contributed by atoms with Crippen LogP contribution in [-0.2, 0) is 25.4 Å². The van der Waals surface area contributed by atoms with E-state index in [2.05, 4.69) is 16.9 Å². The van der Waals surface area contributed by atoms with Crippen LogP contribution in [0.2, 0.25) is 0 Å². The molecule has 0 heterocycles. The molecule has 1 aromatic rings. The van der Waals surface area contributed by atoms with Gasteiger partial charge in [0.05, 0.1) is 13.7 Å². The van der Waals surface area contributed by atoms with Crippen LogP contribution >= 0.6 is 0 Å².